The van der Waals surface area contributed by atoms with Crippen molar-refractivity contribution in [3.8, 4) is 11.5 Å². The molecular formula is C15H24SSi2. The Balaban J connectivity index is 2.90. The third-order valence-corrected chi connectivity index (χ3v) is 8.35. The third kappa shape index (κ3) is 5.95. The van der Waals surface area contributed by atoms with Gasteiger partial charge in [0.25, 0.3) is 0 Å². The Hall–Kier alpha value is -0.436. The lowest BCUT2D eigenvalue weighted by Crippen LogP contribution is -2.35. The van der Waals surface area contributed by atoms with Crippen molar-refractivity contribution in [3.05, 3.63) is 30.3 Å². The quantitative estimate of drug-likeness (QED) is 0.433. The molecule has 0 nitrogen and oxygen atoms in total. The van der Waals surface area contributed by atoms with Crippen molar-refractivity contribution in [3.63, 3.8) is 0 Å². The van der Waals surface area contributed by atoms with Crippen LogP contribution < -0.4 is 0 Å². The normalized spacial score (nSPS) is 13.7. The highest BCUT2D eigenvalue weighted by Gasteiger charge is 2.26. The molecule has 1 aromatic rings. The standard InChI is InChI=1S/C15H24SSi2/c1-17(2,3)13-12-15(18(4,5)6)16-14-10-8-7-9-11-14/h7-11,15H,1-6H3. The summed E-state index contributed by atoms with van der Waals surface area (Å²) in [6.45, 7) is 14.2. The van der Waals surface area contributed by atoms with Crippen molar-refractivity contribution < 1.29 is 0 Å². The van der Waals surface area contributed by atoms with E-state index in [1.165, 1.54) is 4.90 Å². The maximum atomic E-state index is 3.58. The molecule has 18 heavy (non-hydrogen) atoms. The maximum absolute atomic E-state index is 3.58. The Kier molecular flexibility index (Phi) is 5.33. The van der Waals surface area contributed by atoms with Crippen molar-refractivity contribution in [2.75, 3.05) is 0 Å². The highest BCUT2D eigenvalue weighted by atomic mass is 32.2. The van der Waals surface area contributed by atoms with E-state index in [0.29, 0.717) is 4.87 Å². The molecule has 0 radical (unpaired) electrons. The lowest BCUT2D eigenvalue weighted by atomic mass is 10.4. The van der Waals surface area contributed by atoms with Crippen molar-refractivity contribution in [2.45, 2.75) is 49.1 Å². The summed E-state index contributed by atoms with van der Waals surface area (Å²) < 4.78 is 0. The van der Waals surface area contributed by atoms with E-state index in [1.54, 1.807) is 0 Å². The molecule has 98 valence electrons. The van der Waals surface area contributed by atoms with Gasteiger partial charge in [-0.25, -0.2) is 0 Å². The first-order valence-corrected chi connectivity index (χ1v) is 14.4. The highest BCUT2D eigenvalue weighted by molar-refractivity contribution is 8.02. The van der Waals surface area contributed by atoms with Crippen molar-refractivity contribution in [1.29, 1.82) is 0 Å². The van der Waals surface area contributed by atoms with Gasteiger partial charge in [0, 0.05) is 4.90 Å². The van der Waals surface area contributed by atoms with Gasteiger partial charge >= 0.3 is 0 Å². The van der Waals surface area contributed by atoms with Crippen LogP contribution in [0.25, 0.3) is 0 Å². The average molecular weight is 293 g/mol. The summed E-state index contributed by atoms with van der Waals surface area (Å²) in [5.74, 6) is 3.58. The SMILES string of the molecule is C[Si](C)(C)C#CC(Sc1ccccc1)[Si](C)(C)C. The molecule has 0 aromatic heterocycles. The van der Waals surface area contributed by atoms with Gasteiger partial charge in [-0.15, -0.1) is 17.3 Å². The summed E-state index contributed by atoms with van der Waals surface area (Å²) >= 11 is 1.95. The number of rotatable bonds is 3. The Morgan fingerprint density at radius 1 is 0.944 bits per heavy atom. The van der Waals surface area contributed by atoms with Gasteiger partial charge in [0.1, 0.15) is 8.07 Å². The minimum absolute atomic E-state index is 0.492. The van der Waals surface area contributed by atoms with E-state index < -0.39 is 16.1 Å². The van der Waals surface area contributed by atoms with E-state index in [1.807, 2.05) is 11.8 Å². The molecular weight excluding hydrogens is 268 g/mol. The van der Waals surface area contributed by atoms with Gasteiger partial charge < -0.3 is 0 Å². The van der Waals surface area contributed by atoms with Gasteiger partial charge in [0.2, 0.25) is 0 Å². The number of hydrogen-bond acceptors (Lipinski definition) is 1. The highest BCUT2D eigenvalue weighted by Crippen LogP contribution is 2.29. The molecule has 0 aliphatic rings. The molecule has 0 spiro atoms. The Morgan fingerprint density at radius 3 is 1.94 bits per heavy atom. The molecule has 1 unspecified atom stereocenters. The van der Waals surface area contributed by atoms with Crippen LogP contribution in [0.5, 0.6) is 0 Å². The van der Waals surface area contributed by atoms with Crippen LogP contribution in [0, 0.1) is 11.5 Å². The fourth-order valence-electron chi connectivity index (χ4n) is 1.34. The smallest absolute Gasteiger partial charge is 0.129 e. The van der Waals surface area contributed by atoms with Gasteiger partial charge in [-0.05, 0) is 12.1 Å². The zero-order valence-corrected chi connectivity index (χ0v) is 15.2. The summed E-state index contributed by atoms with van der Waals surface area (Å²) in [7, 11) is -2.53. The molecule has 0 aliphatic heterocycles. The molecule has 0 bridgehead atoms. The van der Waals surface area contributed by atoms with Crippen LogP contribution in [0.3, 0.4) is 0 Å². The average Bonchev–Trinajstić information content (AvgIpc) is 2.22. The van der Waals surface area contributed by atoms with Gasteiger partial charge in [-0.1, -0.05) is 63.4 Å². The fraction of sp³-hybridized carbons (Fsp3) is 0.467. The monoisotopic (exact) mass is 292 g/mol. The van der Waals surface area contributed by atoms with E-state index in [9.17, 15) is 0 Å². The van der Waals surface area contributed by atoms with Gasteiger partial charge in [-0.2, -0.15) is 0 Å². The molecule has 0 N–H and O–H groups in total. The fourth-order valence-corrected chi connectivity index (χ4v) is 5.20. The predicted octanol–water partition coefficient (Wildman–Crippen LogP) is 4.91. The van der Waals surface area contributed by atoms with Crippen LogP contribution in [-0.4, -0.2) is 21.0 Å². The predicted molar refractivity (Wildman–Crippen MR) is 90.6 cm³/mol. The van der Waals surface area contributed by atoms with E-state index in [-0.39, 0.29) is 0 Å². The van der Waals surface area contributed by atoms with E-state index >= 15 is 0 Å². The lowest BCUT2D eigenvalue weighted by Gasteiger charge is -2.24. The maximum Gasteiger partial charge on any atom is 0.129 e. The topological polar surface area (TPSA) is 0 Å². The first kappa shape index (κ1) is 15.6. The number of benzene rings is 1. The minimum atomic E-state index is -1.27. The van der Waals surface area contributed by atoms with E-state index in [4.69, 9.17) is 0 Å². The zero-order valence-electron chi connectivity index (χ0n) is 12.4. The molecule has 0 saturated heterocycles. The molecule has 0 fully saturated rings. The largest absolute Gasteiger partial charge is 0.131 e. The second-order valence-electron chi connectivity index (χ2n) is 6.70. The molecule has 1 aromatic carbocycles. The number of hydrogen-bond donors (Lipinski definition) is 0. The van der Waals surface area contributed by atoms with E-state index in [0.717, 1.165) is 0 Å². The van der Waals surface area contributed by atoms with Gasteiger partial charge in [0.15, 0.2) is 0 Å². The van der Waals surface area contributed by atoms with Crippen molar-refractivity contribution >= 4 is 27.9 Å². The minimum Gasteiger partial charge on any atom is -0.131 e. The molecule has 0 aliphatic carbocycles. The summed E-state index contributed by atoms with van der Waals surface area (Å²) in [5.41, 5.74) is 3.55. The van der Waals surface area contributed by atoms with Crippen molar-refractivity contribution in [2.24, 2.45) is 0 Å². The van der Waals surface area contributed by atoms with Gasteiger partial charge in [-0.3, -0.25) is 0 Å². The second kappa shape index (κ2) is 6.14. The zero-order chi connectivity index (χ0) is 13.8. The molecule has 0 saturated carbocycles. The summed E-state index contributed by atoms with van der Waals surface area (Å²) in [4.78, 5) is 1.83. The Bertz CT molecular complexity index is 430. The van der Waals surface area contributed by atoms with Crippen LogP contribution >= 0.6 is 11.8 Å². The third-order valence-electron chi connectivity index (χ3n) is 2.36. The molecule has 0 heterocycles. The molecule has 1 atom stereocenters. The number of thioether (sulfide) groups is 1. The van der Waals surface area contributed by atoms with Crippen LogP contribution in [0.2, 0.25) is 39.3 Å². The van der Waals surface area contributed by atoms with Gasteiger partial charge in [0.05, 0.1) is 12.9 Å². The first-order chi connectivity index (χ1) is 8.18. The molecule has 3 heteroatoms. The Labute approximate surface area is 119 Å². The van der Waals surface area contributed by atoms with E-state index in [2.05, 4.69) is 81.1 Å². The van der Waals surface area contributed by atoms with Crippen LogP contribution in [0.4, 0.5) is 0 Å². The second-order valence-corrected chi connectivity index (χ2v) is 18.4. The van der Waals surface area contributed by atoms with Crippen LogP contribution in [0.15, 0.2) is 35.2 Å². The first-order valence-electron chi connectivity index (χ1n) is 6.43. The summed E-state index contributed by atoms with van der Waals surface area (Å²) in [6, 6.07) is 10.7. The van der Waals surface area contributed by atoms with Crippen molar-refractivity contribution in [1.82, 2.24) is 0 Å². The Morgan fingerprint density at radius 2 is 1.50 bits per heavy atom. The van der Waals surface area contributed by atoms with Crippen LogP contribution in [0.1, 0.15) is 0 Å². The molecule has 1 rings (SSSR count). The summed E-state index contributed by atoms with van der Waals surface area (Å²) in [6.07, 6.45) is 0. The summed E-state index contributed by atoms with van der Waals surface area (Å²) in [5, 5.41) is 0. The molecule has 0 amide bonds. The lowest BCUT2D eigenvalue weighted by molar-refractivity contribution is 1.42. The van der Waals surface area contributed by atoms with Crippen LogP contribution in [-0.2, 0) is 0 Å².